The Morgan fingerprint density at radius 3 is 2.47 bits per heavy atom. The number of nitrogen functional groups attached to an aromatic ring is 1. The van der Waals surface area contributed by atoms with Crippen LogP contribution in [-0.2, 0) is 29.0 Å². The van der Waals surface area contributed by atoms with Crippen molar-refractivity contribution in [3.63, 3.8) is 0 Å². The molecule has 6 atom stereocenters. The molecule has 14 heteroatoms. The van der Waals surface area contributed by atoms with Crippen molar-refractivity contribution in [3.8, 4) is 11.8 Å². The maximum absolute atomic E-state index is 14.5. The zero-order valence-electron chi connectivity index (χ0n) is 33.6. The Morgan fingerprint density at radius 1 is 1.00 bits per heavy atom. The van der Waals surface area contributed by atoms with Gasteiger partial charge in [-0.1, -0.05) is 106 Å². The minimum atomic E-state index is -4.44. The molecule has 0 radical (unpaired) electrons. The number of hydrogen-bond acceptors (Lipinski definition) is 11. The lowest BCUT2D eigenvalue weighted by Gasteiger charge is -2.26. The molecule has 0 spiro atoms. The van der Waals surface area contributed by atoms with E-state index in [4.69, 9.17) is 24.3 Å². The number of nitrogens with zero attached hydrogens (tertiary/aromatic N) is 3. The van der Waals surface area contributed by atoms with Gasteiger partial charge in [0.25, 0.3) is 0 Å². The summed E-state index contributed by atoms with van der Waals surface area (Å²) in [4.78, 5) is 13.1. The molecule has 2 aromatic heterocycles. The van der Waals surface area contributed by atoms with Gasteiger partial charge in [-0.05, 0) is 75.1 Å². The highest BCUT2D eigenvalue weighted by Crippen LogP contribution is 2.48. The molecular formula is C44H58N5O8P. The number of carbonyl (C=O) groups is 1. The molecule has 3 heterocycles. The van der Waals surface area contributed by atoms with E-state index in [0.717, 1.165) is 50.3 Å². The van der Waals surface area contributed by atoms with Gasteiger partial charge < -0.3 is 29.9 Å². The molecule has 5 rings (SSSR count). The van der Waals surface area contributed by atoms with Crippen LogP contribution in [0, 0.1) is 11.3 Å². The van der Waals surface area contributed by atoms with E-state index in [9.17, 15) is 24.8 Å². The predicted octanol–water partition coefficient (Wildman–Crippen LogP) is 8.45. The van der Waals surface area contributed by atoms with Gasteiger partial charge in [0, 0.05) is 11.6 Å². The third-order valence-electron chi connectivity index (χ3n) is 10.3. The molecule has 0 amide bonds. The lowest BCUT2D eigenvalue weighted by atomic mass is 9.92. The van der Waals surface area contributed by atoms with E-state index < -0.39 is 50.3 Å². The van der Waals surface area contributed by atoms with Crippen LogP contribution in [0.2, 0.25) is 0 Å². The lowest BCUT2D eigenvalue weighted by Crippen LogP contribution is -2.41. The van der Waals surface area contributed by atoms with Crippen molar-refractivity contribution in [1.82, 2.24) is 14.7 Å². The van der Waals surface area contributed by atoms with Crippen molar-refractivity contribution in [2.75, 3.05) is 18.9 Å². The summed E-state index contributed by atoms with van der Waals surface area (Å²) in [5, 5.41) is 41.1. The molecule has 0 saturated carbocycles. The van der Waals surface area contributed by atoms with Gasteiger partial charge in [0.15, 0.2) is 0 Å². The Labute approximate surface area is 341 Å². The van der Waals surface area contributed by atoms with Crippen LogP contribution in [0.4, 0.5) is 5.69 Å². The number of ether oxygens (including phenoxy) is 2. The van der Waals surface area contributed by atoms with Gasteiger partial charge in [0.1, 0.15) is 36.2 Å². The number of aliphatic hydroxyl groups is 2. The van der Waals surface area contributed by atoms with E-state index in [1.807, 2.05) is 30.3 Å². The first-order valence-electron chi connectivity index (χ1n) is 20.5. The standard InChI is InChI=1S/C44H58N5O8P/c1-3-4-5-6-7-8-9-10-11-12-13-14-15-16-17-20-30-54-43(52)33(2)48-58(53,57-38-25-21-23-34-22-18-19-24-35(34)38)55-31-39-41(50)42(51)44(32-45,56-39)40-27-26-37-36(46)28-29-47-49(37)40/h7-8,10-11,18-19,21-29,33,39,41-42,50-51H,3-6,9,12-17,20,30-31,46H2,1-2H3,(H,48,53)/b8-7-,11-10-/t33-,39+,41+,42+,44-,58?/m0/s1. The fourth-order valence-electron chi connectivity index (χ4n) is 6.98. The molecule has 312 valence electrons. The SMILES string of the molecule is CCCCC/C=C\C/C=C\CCCCCCCCOC(=O)[C@H](C)NP(=O)(OC[C@H]1O[C@@](C#N)(c2ccc3c(N)ccnn23)[C@H](O)[C@@H]1O)Oc1cccc2ccccc12. The molecule has 4 aromatic rings. The Morgan fingerprint density at radius 2 is 1.71 bits per heavy atom. The summed E-state index contributed by atoms with van der Waals surface area (Å²) in [7, 11) is -4.44. The summed E-state index contributed by atoms with van der Waals surface area (Å²) in [5.41, 5.74) is 5.00. The zero-order valence-corrected chi connectivity index (χ0v) is 34.5. The zero-order chi connectivity index (χ0) is 41.4. The van der Waals surface area contributed by atoms with Crippen LogP contribution >= 0.6 is 7.75 Å². The number of hydrogen-bond donors (Lipinski definition) is 4. The normalized spacial score (nSPS) is 21.1. The van der Waals surface area contributed by atoms with Crippen LogP contribution in [0.15, 0.2) is 91.2 Å². The maximum atomic E-state index is 14.5. The molecule has 13 nitrogen and oxygen atoms in total. The van der Waals surface area contributed by atoms with Gasteiger partial charge >= 0.3 is 13.7 Å². The molecule has 1 fully saturated rings. The second-order valence-corrected chi connectivity index (χ2v) is 16.4. The lowest BCUT2D eigenvalue weighted by molar-refractivity contribution is -0.145. The Balaban J connectivity index is 1.14. The molecular weight excluding hydrogens is 757 g/mol. The summed E-state index contributed by atoms with van der Waals surface area (Å²) < 4.78 is 39.3. The number of fused-ring (bicyclic) bond motifs is 2. The van der Waals surface area contributed by atoms with Crippen LogP contribution in [0.1, 0.15) is 96.6 Å². The molecule has 1 saturated heterocycles. The number of allylic oxidation sites excluding steroid dienone is 4. The average molecular weight is 816 g/mol. The summed E-state index contributed by atoms with van der Waals surface area (Å²) in [6.07, 6.45) is 18.9. The van der Waals surface area contributed by atoms with Gasteiger partial charge in [-0.25, -0.2) is 9.08 Å². The first-order chi connectivity index (χ1) is 28.1. The third kappa shape index (κ3) is 11.6. The molecule has 2 aromatic carbocycles. The number of aromatic nitrogens is 2. The van der Waals surface area contributed by atoms with Gasteiger partial charge in [-0.15, -0.1) is 0 Å². The van der Waals surface area contributed by atoms with Gasteiger partial charge in [-0.2, -0.15) is 15.4 Å². The third-order valence-corrected chi connectivity index (χ3v) is 11.9. The second-order valence-electron chi connectivity index (χ2n) is 14.7. The smallest absolute Gasteiger partial charge is 0.459 e. The highest BCUT2D eigenvalue weighted by Gasteiger charge is 2.58. The number of anilines is 1. The van der Waals surface area contributed by atoms with E-state index in [1.54, 1.807) is 30.3 Å². The molecule has 1 unspecified atom stereocenters. The van der Waals surface area contributed by atoms with E-state index in [-0.39, 0.29) is 18.1 Å². The molecule has 5 N–H and O–H groups in total. The highest BCUT2D eigenvalue weighted by atomic mass is 31.2. The number of nitriles is 1. The van der Waals surface area contributed by atoms with Gasteiger partial charge in [-0.3, -0.25) is 9.32 Å². The number of unbranched alkanes of at least 4 members (excludes halogenated alkanes) is 9. The number of benzene rings is 2. The van der Waals surface area contributed by atoms with Crippen LogP contribution in [0.3, 0.4) is 0 Å². The number of carbonyl (C=O) groups excluding carboxylic acids is 1. The van der Waals surface area contributed by atoms with Crippen molar-refractivity contribution < 1.29 is 38.1 Å². The summed E-state index contributed by atoms with van der Waals surface area (Å²) in [6.45, 7) is 3.33. The Hall–Kier alpha value is -4.54. The first-order valence-corrected chi connectivity index (χ1v) is 22.0. The second kappa shape index (κ2) is 22.0. The van der Waals surface area contributed by atoms with Crippen molar-refractivity contribution in [2.45, 2.75) is 121 Å². The van der Waals surface area contributed by atoms with Crippen LogP contribution in [-0.4, -0.2) is 63.4 Å². The molecule has 1 aliphatic heterocycles. The van der Waals surface area contributed by atoms with Crippen molar-refractivity contribution >= 4 is 35.7 Å². The Kier molecular flexibility index (Phi) is 16.9. The molecule has 58 heavy (non-hydrogen) atoms. The fourth-order valence-corrected chi connectivity index (χ4v) is 8.50. The molecule has 1 aliphatic rings. The summed E-state index contributed by atoms with van der Waals surface area (Å²) in [6, 6.07) is 18.2. The number of rotatable bonds is 24. The van der Waals surface area contributed by atoms with Crippen molar-refractivity contribution in [1.29, 1.82) is 5.26 Å². The van der Waals surface area contributed by atoms with E-state index >= 15 is 0 Å². The van der Waals surface area contributed by atoms with Crippen LogP contribution < -0.4 is 15.3 Å². The largest absolute Gasteiger partial charge is 0.465 e. The molecule has 0 bridgehead atoms. The fraction of sp³-hybridized carbons (Fsp3) is 0.477. The monoisotopic (exact) mass is 815 g/mol. The van der Waals surface area contributed by atoms with Crippen molar-refractivity contribution in [2.24, 2.45) is 0 Å². The van der Waals surface area contributed by atoms with Gasteiger partial charge in [0.2, 0.25) is 5.60 Å². The van der Waals surface area contributed by atoms with Crippen molar-refractivity contribution in [3.05, 3.63) is 96.9 Å². The molecule has 0 aliphatic carbocycles. The number of aliphatic hydroxyl groups excluding tert-OH is 2. The Bertz CT molecular complexity index is 2080. The van der Waals surface area contributed by atoms with Crippen LogP contribution in [0.5, 0.6) is 5.75 Å². The van der Waals surface area contributed by atoms with E-state index in [0.29, 0.717) is 23.0 Å². The predicted molar refractivity (Wildman–Crippen MR) is 225 cm³/mol. The first kappa shape index (κ1) is 44.6. The quantitative estimate of drug-likeness (QED) is 0.0229. The minimum Gasteiger partial charge on any atom is -0.465 e. The topological polar surface area (TPSA) is 191 Å². The number of nitrogens with two attached hydrogens (primary N) is 1. The van der Waals surface area contributed by atoms with Gasteiger partial charge in [0.05, 0.1) is 30.1 Å². The highest BCUT2D eigenvalue weighted by molar-refractivity contribution is 7.52. The minimum absolute atomic E-state index is 0.135. The summed E-state index contributed by atoms with van der Waals surface area (Å²) in [5.74, 6) is -0.422. The van der Waals surface area contributed by atoms with E-state index in [2.05, 4.69) is 41.4 Å². The number of esters is 1. The summed E-state index contributed by atoms with van der Waals surface area (Å²) >= 11 is 0. The van der Waals surface area contributed by atoms with Crippen LogP contribution in [0.25, 0.3) is 16.3 Å². The number of nitrogens with one attached hydrogen (secondary N) is 1. The average Bonchev–Trinajstić information content (AvgIpc) is 3.77. The van der Waals surface area contributed by atoms with E-state index in [1.165, 1.54) is 49.4 Å². The maximum Gasteiger partial charge on any atom is 0.459 e.